The van der Waals surface area contributed by atoms with Crippen molar-refractivity contribution in [3.8, 4) is 0 Å². The molecule has 0 saturated carbocycles. The third kappa shape index (κ3) is 6.69. The van der Waals surface area contributed by atoms with Crippen molar-refractivity contribution in [2.45, 2.75) is 13.0 Å². The van der Waals surface area contributed by atoms with E-state index >= 15 is 0 Å². The second kappa shape index (κ2) is 8.39. The van der Waals surface area contributed by atoms with Gasteiger partial charge in [0.25, 0.3) is 0 Å². The molecule has 4 nitrogen and oxygen atoms in total. The Morgan fingerprint density at radius 2 is 2.16 bits per heavy atom. The summed E-state index contributed by atoms with van der Waals surface area (Å²) >= 11 is 0. The van der Waals surface area contributed by atoms with Crippen LogP contribution < -0.4 is 0 Å². The number of aliphatic carboxylic acids is 1. The predicted molar refractivity (Wildman–Crippen MR) is 69.2 cm³/mol. The molecule has 0 radical (unpaired) electrons. The van der Waals surface area contributed by atoms with Crippen molar-refractivity contribution >= 4 is 12.0 Å². The number of hydrogen-bond donors (Lipinski definition) is 1. The molecular weight excluding hydrogens is 251 g/mol. The number of benzene rings is 1. The zero-order valence-electron chi connectivity index (χ0n) is 10.8. The molecule has 104 valence electrons. The lowest BCUT2D eigenvalue weighted by atomic mass is 10.1. The van der Waals surface area contributed by atoms with Gasteiger partial charge in [0.15, 0.2) is 0 Å². The number of carbonyl (C=O) groups is 1. The van der Waals surface area contributed by atoms with Crippen LogP contribution in [0.5, 0.6) is 0 Å². The highest BCUT2D eigenvalue weighted by atomic mass is 19.1. The van der Waals surface area contributed by atoms with E-state index in [4.69, 9.17) is 14.6 Å². The van der Waals surface area contributed by atoms with Crippen LogP contribution in [-0.4, -0.2) is 31.4 Å². The molecule has 0 amide bonds. The predicted octanol–water partition coefficient (Wildman–Crippen LogP) is 2.48. The molecule has 1 aromatic carbocycles. The van der Waals surface area contributed by atoms with Gasteiger partial charge in [0.05, 0.1) is 6.61 Å². The number of rotatable bonds is 8. The first-order valence-corrected chi connectivity index (χ1v) is 5.89. The number of halogens is 1. The van der Waals surface area contributed by atoms with E-state index in [9.17, 15) is 9.18 Å². The van der Waals surface area contributed by atoms with E-state index in [-0.39, 0.29) is 6.61 Å². The average molecular weight is 268 g/mol. The van der Waals surface area contributed by atoms with E-state index in [2.05, 4.69) is 0 Å². The third-order valence-electron chi connectivity index (χ3n) is 2.30. The molecule has 1 N–H and O–H groups in total. The highest BCUT2D eigenvalue weighted by molar-refractivity contribution is 5.85. The number of hydrogen-bond acceptors (Lipinski definition) is 3. The molecule has 19 heavy (non-hydrogen) atoms. The molecule has 0 saturated heterocycles. The van der Waals surface area contributed by atoms with Gasteiger partial charge in [0.1, 0.15) is 5.82 Å². The van der Waals surface area contributed by atoms with Crippen molar-refractivity contribution in [2.24, 2.45) is 0 Å². The van der Waals surface area contributed by atoms with Crippen LogP contribution in [0, 0.1) is 5.82 Å². The maximum Gasteiger partial charge on any atom is 0.328 e. The standard InChI is InChI=1S/C14H17FO4/c1-18-5-2-6-19-10-12-7-11(3-4-14(16)17)8-13(15)9-12/h3-4,7-9H,2,5-6,10H2,1H3,(H,16,17). The van der Waals surface area contributed by atoms with Crippen molar-refractivity contribution < 1.29 is 23.8 Å². The Hall–Kier alpha value is -1.72. The Labute approximate surface area is 111 Å². The van der Waals surface area contributed by atoms with Crippen molar-refractivity contribution in [3.63, 3.8) is 0 Å². The summed E-state index contributed by atoms with van der Waals surface area (Å²) in [5, 5.41) is 8.52. The molecule has 5 heteroatoms. The van der Waals surface area contributed by atoms with Crippen molar-refractivity contribution in [1.82, 2.24) is 0 Å². The lowest BCUT2D eigenvalue weighted by molar-refractivity contribution is -0.131. The normalized spacial score (nSPS) is 11.1. The van der Waals surface area contributed by atoms with E-state index in [1.807, 2.05) is 0 Å². The van der Waals surface area contributed by atoms with Crippen LogP contribution in [-0.2, 0) is 20.9 Å². The first-order valence-electron chi connectivity index (χ1n) is 5.89. The summed E-state index contributed by atoms with van der Waals surface area (Å²) in [5.74, 6) is -1.48. The van der Waals surface area contributed by atoms with Gasteiger partial charge in [-0.3, -0.25) is 0 Å². The number of carboxylic acids is 1. The van der Waals surface area contributed by atoms with E-state index in [0.29, 0.717) is 24.3 Å². The monoisotopic (exact) mass is 268 g/mol. The van der Waals surface area contributed by atoms with E-state index in [1.54, 1.807) is 13.2 Å². The Morgan fingerprint density at radius 1 is 1.37 bits per heavy atom. The van der Waals surface area contributed by atoms with Gasteiger partial charge in [-0.2, -0.15) is 0 Å². The molecule has 0 aromatic heterocycles. The molecule has 0 unspecified atom stereocenters. The highest BCUT2D eigenvalue weighted by Crippen LogP contribution is 2.12. The maximum atomic E-state index is 13.3. The van der Waals surface area contributed by atoms with E-state index < -0.39 is 11.8 Å². The Balaban J connectivity index is 2.56. The van der Waals surface area contributed by atoms with Gasteiger partial charge in [-0.1, -0.05) is 0 Å². The summed E-state index contributed by atoms with van der Waals surface area (Å²) in [4.78, 5) is 10.4. The molecule has 0 fully saturated rings. The van der Waals surface area contributed by atoms with E-state index in [1.165, 1.54) is 18.2 Å². The SMILES string of the molecule is COCCCOCc1cc(F)cc(C=CC(=O)O)c1. The second-order valence-corrected chi connectivity index (χ2v) is 3.96. The Bertz CT molecular complexity index is 443. The quantitative estimate of drug-likeness (QED) is 0.581. The summed E-state index contributed by atoms with van der Waals surface area (Å²) in [5.41, 5.74) is 1.17. The summed E-state index contributed by atoms with van der Waals surface area (Å²) in [7, 11) is 1.62. The summed E-state index contributed by atoms with van der Waals surface area (Å²) in [6.07, 6.45) is 3.09. The summed E-state index contributed by atoms with van der Waals surface area (Å²) in [6, 6.07) is 4.33. The van der Waals surface area contributed by atoms with Crippen LogP contribution in [0.3, 0.4) is 0 Å². The van der Waals surface area contributed by atoms with Gasteiger partial charge in [-0.05, 0) is 41.8 Å². The van der Waals surface area contributed by atoms with E-state index in [0.717, 1.165) is 12.5 Å². The zero-order valence-corrected chi connectivity index (χ0v) is 10.8. The van der Waals surface area contributed by atoms with Crippen LogP contribution in [0.2, 0.25) is 0 Å². The molecule has 1 aromatic rings. The van der Waals surface area contributed by atoms with Crippen LogP contribution in [0.4, 0.5) is 4.39 Å². The third-order valence-corrected chi connectivity index (χ3v) is 2.30. The molecule has 0 aliphatic heterocycles. The van der Waals surface area contributed by atoms with Gasteiger partial charge < -0.3 is 14.6 Å². The number of ether oxygens (including phenoxy) is 2. The minimum atomic E-state index is -1.07. The van der Waals surface area contributed by atoms with Crippen molar-refractivity contribution in [3.05, 3.63) is 41.2 Å². The fraction of sp³-hybridized carbons (Fsp3) is 0.357. The average Bonchev–Trinajstić information content (AvgIpc) is 2.35. The highest BCUT2D eigenvalue weighted by Gasteiger charge is 2.00. The van der Waals surface area contributed by atoms with Crippen molar-refractivity contribution in [1.29, 1.82) is 0 Å². The first-order chi connectivity index (χ1) is 9.11. The molecule has 1 rings (SSSR count). The molecule has 0 spiro atoms. The van der Waals surface area contributed by atoms with Crippen LogP contribution in [0.15, 0.2) is 24.3 Å². The smallest absolute Gasteiger partial charge is 0.328 e. The minimum absolute atomic E-state index is 0.287. The molecule has 0 aliphatic carbocycles. The lowest BCUT2D eigenvalue weighted by Crippen LogP contribution is -2.00. The topological polar surface area (TPSA) is 55.8 Å². The minimum Gasteiger partial charge on any atom is -0.478 e. The molecule has 0 heterocycles. The fourth-order valence-corrected chi connectivity index (χ4v) is 1.52. The van der Waals surface area contributed by atoms with Gasteiger partial charge in [-0.25, -0.2) is 9.18 Å². The lowest BCUT2D eigenvalue weighted by Gasteiger charge is -2.05. The van der Waals surface area contributed by atoms with Crippen LogP contribution >= 0.6 is 0 Å². The van der Waals surface area contributed by atoms with Gasteiger partial charge >= 0.3 is 5.97 Å². The summed E-state index contributed by atoms with van der Waals surface area (Å²) < 4.78 is 23.6. The number of carboxylic acid groups (broad SMARTS) is 1. The molecular formula is C14H17FO4. The molecule has 0 atom stereocenters. The Morgan fingerprint density at radius 3 is 2.84 bits per heavy atom. The molecule has 0 aliphatic rings. The first kappa shape index (κ1) is 15.3. The number of methoxy groups -OCH3 is 1. The maximum absolute atomic E-state index is 13.3. The molecule has 0 bridgehead atoms. The van der Waals surface area contributed by atoms with Gasteiger partial charge in [0.2, 0.25) is 0 Å². The van der Waals surface area contributed by atoms with Gasteiger partial charge in [0, 0.05) is 26.4 Å². The zero-order chi connectivity index (χ0) is 14.1. The second-order valence-electron chi connectivity index (χ2n) is 3.96. The summed E-state index contributed by atoms with van der Waals surface area (Å²) in [6.45, 7) is 1.44. The van der Waals surface area contributed by atoms with Crippen LogP contribution in [0.25, 0.3) is 6.08 Å². The van der Waals surface area contributed by atoms with Crippen LogP contribution in [0.1, 0.15) is 17.5 Å². The van der Waals surface area contributed by atoms with Gasteiger partial charge in [-0.15, -0.1) is 0 Å². The fourth-order valence-electron chi connectivity index (χ4n) is 1.52. The Kier molecular flexibility index (Phi) is 6.78. The largest absolute Gasteiger partial charge is 0.478 e. The van der Waals surface area contributed by atoms with Crippen molar-refractivity contribution in [2.75, 3.05) is 20.3 Å².